The van der Waals surface area contributed by atoms with Gasteiger partial charge in [-0.15, -0.1) is 0 Å². The molecule has 1 aromatic rings. The molecule has 0 unspecified atom stereocenters. The average Bonchev–Trinajstić information content (AvgIpc) is 2.36. The van der Waals surface area contributed by atoms with Gasteiger partial charge >= 0.3 is 0 Å². The normalized spacial score (nSPS) is 15.6. The number of hydrogen-bond donors (Lipinski definition) is 1. The molecule has 0 amide bonds. The number of benzene rings is 1. The lowest BCUT2D eigenvalue weighted by Gasteiger charge is -2.11. The third kappa shape index (κ3) is 3.79. The summed E-state index contributed by atoms with van der Waals surface area (Å²) in [5.41, 5.74) is 1.11. The molecule has 96 valence electrons. The topological polar surface area (TPSA) is 37.3 Å². The summed E-state index contributed by atoms with van der Waals surface area (Å²) in [5, 5.41) is 9.93. The maximum Gasteiger partial charge on any atom is 0.106 e. The third-order valence-corrected chi connectivity index (χ3v) is 3.90. The standard InChI is InChI=1S/C15H18O2S/c1-4-6-14(16)15(7-5-2)18(17)13-10-8-12(3)9-11-13/h4-11,14,16H,2H2,1,3H3/b6-4+,15-7+/t14-,18+/m1/s1. The first kappa shape index (κ1) is 14.6. The predicted molar refractivity (Wildman–Crippen MR) is 76.7 cm³/mol. The zero-order valence-corrected chi connectivity index (χ0v) is 11.5. The van der Waals surface area contributed by atoms with Crippen molar-refractivity contribution in [1.82, 2.24) is 0 Å². The van der Waals surface area contributed by atoms with Crippen LogP contribution in [0.1, 0.15) is 12.5 Å². The minimum atomic E-state index is -1.37. The Balaban J connectivity index is 3.07. The van der Waals surface area contributed by atoms with Crippen molar-refractivity contribution in [3.05, 3.63) is 65.6 Å². The Hall–Kier alpha value is -1.45. The van der Waals surface area contributed by atoms with Crippen LogP contribution < -0.4 is 0 Å². The molecule has 0 spiro atoms. The second-order valence-electron chi connectivity index (χ2n) is 3.86. The van der Waals surface area contributed by atoms with Crippen LogP contribution >= 0.6 is 0 Å². The zero-order valence-electron chi connectivity index (χ0n) is 10.7. The summed E-state index contributed by atoms with van der Waals surface area (Å²) in [6.07, 6.45) is 5.61. The molecule has 1 rings (SSSR count). The molecule has 0 bridgehead atoms. The summed E-state index contributed by atoms with van der Waals surface area (Å²) in [5.74, 6) is 0. The van der Waals surface area contributed by atoms with Crippen molar-refractivity contribution in [2.75, 3.05) is 0 Å². The molecule has 3 heteroatoms. The average molecular weight is 262 g/mol. The van der Waals surface area contributed by atoms with E-state index in [9.17, 15) is 9.32 Å². The van der Waals surface area contributed by atoms with Gasteiger partial charge in [0.1, 0.15) is 6.10 Å². The quantitative estimate of drug-likeness (QED) is 0.654. The van der Waals surface area contributed by atoms with E-state index in [0.29, 0.717) is 9.80 Å². The van der Waals surface area contributed by atoms with Gasteiger partial charge in [-0.1, -0.05) is 42.5 Å². The van der Waals surface area contributed by atoms with Gasteiger partial charge in [-0.05, 0) is 32.1 Å². The summed E-state index contributed by atoms with van der Waals surface area (Å²) in [6, 6.07) is 7.43. The van der Waals surface area contributed by atoms with E-state index in [-0.39, 0.29) is 0 Å². The van der Waals surface area contributed by atoms with Gasteiger partial charge in [0, 0.05) is 4.90 Å². The van der Waals surface area contributed by atoms with Gasteiger partial charge in [0.2, 0.25) is 0 Å². The lowest BCUT2D eigenvalue weighted by atomic mass is 10.2. The van der Waals surface area contributed by atoms with Crippen LogP contribution in [-0.2, 0) is 10.8 Å². The van der Waals surface area contributed by atoms with Crippen LogP contribution in [0.15, 0.2) is 64.9 Å². The van der Waals surface area contributed by atoms with Gasteiger partial charge in [-0.3, -0.25) is 0 Å². The summed E-state index contributed by atoms with van der Waals surface area (Å²) in [6.45, 7) is 7.37. The van der Waals surface area contributed by atoms with Crippen LogP contribution in [0.25, 0.3) is 0 Å². The van der Waals surface area contributed by atoms with Crippen LogP contribution in [0, 0.1) is 6.92 Å². The lowest BCUT2D eigenvalue weighted by molar-refractivity contribution is 0.267. The second-order valence-corrected chi connectivity index (χ2v) is 5.34. The summed E-state index contributed by atoms with van der Waals surface area (Å²) < 4.78 is 12.4. The maximum absolute atomic E-state index is 12.4. The number of aryl methyl sites for hydroxylation is 1. The van der Waals surface area contributed by atoms with Crippen LogP contribution in [0.3, 0.4) is 0 Å². The fourth-order valence-corrected chi connectivity index (χ4v) is 2.63. The molecule has 0 saturated heterocycles. The van der Waals surface area contributed by atoms with Crippen molar-refractivity contribution in [3.8, 4) is 0 Å². The molecule has 0 aromatic heterocycles. The molecule has 0 aliphatic rings. The summed E-state index contributed by atoms with van der Waals surface area (Å²) in [7, 11) is -1.37. The maximum atomic E-state index is 12.4. The van der Waals surface area contributed by atoms with Crippen LogP contribution in [0.2, 0.25) is 0 Å². The highest BCUT2D eigenvalue weighted by Gasteiger charge is 2.15. The van der Waals surface area contributed by atoms with E-state index in [2.05, 4.69) is 6.58 Å². The molecule has 0 radical (unpaired) electrons. The van der Waals surface area contributed by atoms with Crippen molar-refractivity contribution in [1.29, 1.82) is 0 Å². The van der Waals surface area contributed by atoms with Crippen molar-refractivity contribution in [2.45, 2.75) is 24.8 Å². The van der Waals surface area contributed by atoms with Crippen molar-refractivity contribution >= 4 is 10.8 Å². The largest absolute Gasteiger partial charge is 0.384 e. The minimum Gasteiger partial charge on any atom is -0.384 e. The Morgan fingerprint density at radius 2 is 2.00 bits per heavy atom. The number of allylic oxidation sites excluding steroid dienone is 3. The summed E-state index contributed by atoms with van der Waals surface area (Å²) in [4.78, 5) is 1.12. The Bertz CT molecular complexity index is 484. The zero-order chi connectivity index (χ0) is 13.5. The number of aliphatic hydroxyl groups is 1. The van der Waals surface area contributed by atoms with E-state index in [1.807, 2.05) is 38.1 Å². The van der Waals surface area contributed by atoms with E-state index in [4.69, 9.17) is 0 Å². The Labute approximate surface area is 111 Å². The van der Waals surface area contributed by atoms with Gasteiger partial charge in [-0.2, -0.15) is 0 Å². The first-order valence-electron chi connectivity index (χ1n) is 5.72. The molecule has 2 nitrogen and oxygen atoms in total. The molecular weight excluding hydrogens is 244 g/mol. The SMILES string of the molecule is C=C/C=C(\[C@H](O)/C=C/C)[S@@](=O)c1ccc(C)cc1. The molecule has 2 atom stereocenters. The molecule has 0 saturated carbocycles. The van der Waals surface area contributed by atoms with E-state index in [1.165, 1.54) is 6.08 Å². The molecule has 0 heterocycles. The number of aliphatic hydroxyl groups excluding tert-OH is 1. The van der Waals surface area contributed by atoms with E-state index < -0.39 is 16.9 Å². The molecule has 1 N–H and O–H groups in total. The van der Waals surface area contributed by atoms with E-state index in [0.717, 1.165) is 5.56 Å². The lowest BCUT2D eigenvalue weighted by Crippen LogP contribution is -2.12. The highest BCUT2D eigenvalue weighted by Crippen LogP contribution is 2.19. The van der Waals surface area contributed by atoms with Gasteiger partial charge in [0.25, 0.3) is 0 Å². The fourth-order valence-electron chi connectivity index (χ4n) is 1.46. The van der Waals surface area contributed by atoms with Gasteiger partial charge in [-0.25, -0.2) is 4.21 Å². The van der Waals surface area contributed by atoms with Crippen molar-refractivity contribution in [2.24, 2.45) is 0 Å². The van der Waals surface area contributed by atoms with E-state index >= 15 is 0 Å². The van der Waals surface area contributed by atoms with Crippen molar-refractivity contribution < 1.29 is 9.32 Å². The van der Waals surface area contributed by atoms with Crippen LogP contribution in [0.4, 0.5) is 0 Å². The first-order chi connectivity index (χ1) is 8.60. The predicted octanol–water partition coefficient (Wildman–Crippen LogP) is 3.11. The first-order valence-corrected chi connectivity index (χ1v) is 6.87. The Kier molecular flexibility index (Phi) is 5.75. The molecule has 0 aliphatic carbocycles. The minimum absolute atomic E-state index is 0.437. The van der Waals surface area contributed by atoms with Gasteiger partial charge in [0.05, 0.1) is 15.7 Å². The van der Waals surface area contributed by atoms with Crippen molar-refractivity contribution in [3.63, 3.8) is 0 Å². The van der Waals surface area contributed by atoms with E-state index in [1.54, 1.807) is 18.2 Å². The highest BCUT2D eigenvalue weighted by atomic mass is 32.2. The molecule has 0 aliphatic heterocycles. The van der Waals surface area contributed by atoms with Gasteiger partial charge < -0.3 is 5.11 Å². The monoisotopic (exact) mass is 262 g/mol. The second kappa shape index (κ2) is 7.09. The van der Waals surface area contributed by atoms with Crippen LogP contribution in [0.5, 0.6) is 0 Å². The molecule has 0 fully saturated rings. The van der Waals surface area contributed by atoms with Gasteiger partial charge in [0.15, 0.2) is 0 Å². The Morgan fingerprint density at radius 1 is 1.39 bits per heavy atom. The smallest absolute Gasteiger partial charge is 0.106 e. The number of hydrogen-bond acceptors (Lipinski definition) is 2. The molecule has 18 heavy (non-hydrogen) atoms. The fraction of sp³-hybridized carbons (Fsp3) is 0.200. The molecular formula is C15H18O2S. The third-order valence-electron chi connectivity index (χ3n) is 2.40. The highest BCUT2D eigenvalue weighted by molar-refractivity contribution is 7.89. The molecule has 1 aromatic carbocycles. The number of rotatable bonds is 5. The Morgan fingerprint density at radius 3 is 2.50 bits per heavy atom. The summed E-state index contributed by atoms with van der Waals surface area (Å²) >= 11 is 0. The van der Waals surface area contributed by atoms with Crippen LogP contribution in [-0.4, -0.2) is 15.4 Å².